The van der Waals surface area contributed by atoms with Crippen LogP contribution in [0.1, 0.15) is 36.3 Å². The molecule has 4 rings (SSSR count). The molecule has 212 valence electrons. The van der Waals surface area contributed by atoms with Gasteiger partial charge in [-0.15, -0.1) is 11.3 Å². The molecule has 2 saturated heterocycles. The lowest BCUT2D eigenvalue weighted by atomic mass is 9.71. The van der Waals surface area contributed by atoms with E-state index in [1.165, 1.54) is 62.4 Å². The van der Waals surface area contributed by atoms with Crippen LogP contribution < -0.4 is 0 Å². The van der Waals surface area contributed by atoms with Crippen molar-refractivity contribution < 1.29 is 46.1 Å². The summed E-state index contributed by atoms with van der Waals surface area (Å²) in [5.74, 6) is -5.51. The number of likely N-dealkylation sites (tertiary alicyclic amines) is 2. The maximum absolute atomic E-state index is 10.6. The zero-order valence-electron chi connectivity index (χ0n) is 20.2. The Hall–Kier alpha value is -2.78. The third-order valence-corrected chi connectivity index (χ3v) is 7.08. The van der Waals surface area contributed by atoms with Crippen LogP contribution >= 0.6 is 11.3 Å². The number of carboxylic acid groups (broad SMARTS) is 2. The van der Waals surface area contributed by atoms with Gasteiger partial charge in [0.05, 0.1) is 6.54 Å². The quantitative estimate of drug-likeness (QED) is 0.511. The second kappa shape index (κ2) is 13.8. The van der Waals surface area contributed by atoms with Gasteiger partial charge < -0.3 is 10.2 Å². The predicted molar refractivity (Wildman–Crippen MR) is 125 cm³/mol. The van der Waals surface area contributed by atoms with Crippen LogP contribution in [0.4, 0.5) is 26.3 Å². The molecule has 0 saturated carbocycles. The Balaban J connectivity index is 0.000000301. The van der Waals surface area contributed by atoms with E-state index in [0.717, 1.165) is 13.1 Å². The third-order valence-electron chi connectivity index (χ3n) is 6.32. The molecule has 38 heavy (non-hydrogen) atoms. The van der Waals surface area contributed by atoms with E-state index < -0.39 is 24.3 Å². The first-order valence-electron chi connectivity index (χ1n) is 11.5. The molecule has 4 heterocycles. The molecule has 2 N–H and O–H groups in total. The molecule has 0 aliphatic carbocycles. The first-order valence-corrected chi connectivity index (χ1v) is 12.4. The van der Waals surface area contributed by atoms with Gasteiger partial charge in [-0.2, -0.15) is 26.3 Å². The summed E-state index contributed by atoms with van der Waals surface area (Å²) in [4.78, 5) is 31.5. The van der Waals surface area contributed by atoms with Crippen LogP contribution in [0.5, 0.6) is 0 Å². The number of nitrogens with zero attached hydrogens (tertiary/aromatic N) is 4. The summed E-state index contributed by atoms with van der Waals surface area (Å²) in [6.45, 7) is 7.09. The van der Waals surface area contributed by atoms with Crippen LogP contribution in [0, 0.1) is 5.41 Å². The van der Waals surface area contributed by atoms with Crippen LogP contribution in [0.15, 0.2) is 36.1 Å². The molecule has 2 aromatic heterocycles. The number of hydrogen-bond acceptors (Lipinski definition) is 7. The third kappa shape index (κ3) is 10.9. The molecule has 2 aliphatic heterocycles. The fourth-order valence-electron chi connectivity index (χ4n) is 4.14. The van der Waals surface area contributed by atoms with Crippen LogP contribution in [0.3, 0.4) is 0 Å². The van der Waals surface area contributed by atoms with E-state index in [4.69, 9.17) is 19.8 Å². The highest BCUT2D eigenvalue weighted by atomic mass is 32.1. The lowest BCUT2D eigenvalue weighted by molar-refractivity contribution is -0.193. The number of alkyl halides is 6. The topological polar surface area (TPSA) is 107 Å². The van der Waals surface area contributed by atoms with Gasteiger partial charge in [-0.1, -0.05) is 0 Å². The second-order valence-electron chi connectivity index (χ2n) is 8.94. The van der Waals surface area contributed by atoms with Crippen molar-refractivity contribution in [1.29, 1.82) is 0 Å². The van der Waals surface area contributed by atoms with Crippen molar-refractivity contribution in [2.75, 3.05) is 26.2 Å². The lowest BCUT2D eigenvalue weighted by Crippen LogP contribution is -2.46. The smallest absolute Gasteiger partial charge is 0.475 e. The van der Waals surface area contributed by atoms with E-state index in [9.17, 15) is 26.3 Å². The SMILES string of the molecule is O=C(O)C(F)(F)F.O=C(O)C(F)(F)F.c1cc(CN2CCC3(CC2)CCN(Cc2nccs2)CC3)ccn1. The number of rotatable bonds is 4. The largest absolute Gasteiger partial charge is 0.490 e. The number of pyridine rings is 1. The molecule has 0 unspecified atom stereocenters. The van der Waals surface area contributed by atoms with Gasteiger partial charge in [0.25, 0.3) is 0 Å². The van der Waals surface area contributed by atoms with Crippen molar-refractivity contribution in [2.45, 2.75) is 51.1 Å². The van der Waals surface area contributed by atoms with E-state index in [1.54, 1.807) is 11.3 Å². The highest BCUT2D eigenvalue weighted by Gasteiger charge is 2.39. The fraction of sp³-hybridized carbons (Fsp3) is 0.565. The van der Waals surface area contributed by atoms with Crippen molar-refractivity contribution in [1.82, 2.24) is 19.8 Å². The molecule has 2 fully saturated rings. The van der Waals surface area contributed by atoms with E-state index in [2.05, 4.69) is 37.3 Å². The predicted octanol–water partition coefficient (Wildman–Crippen LogP) is 4.68. The van der Waals surface area contributed by atoms with Crippen LogP contribution in [0.25, 0.3) is 0 Å². The van der Waals surface area contributed by atoms with Crippen molar-refractivity contribution in [3.63, 3.8) is 0 Å². The molecule has 0 amide bonds. The Kier molecular flexibility index (Phi) is 11.5. The van der Waals surface area contributed by atoms with E-state index >= 15 is 0 Å². The molecular weight excluding hydrogens is 542 g/mol. The molecular formula is C23H28F6N4O4S. The van der Waals surface area contributed by atoms with Gasteiger partial charge >= 0.3 is 24.3 Å². The van der Waals surface area contributed by atoms with Crippen molar-refractivity contribution in [3.8, 4) is 0 Å². The van der Waals surface area contributed by atoms with Crippen LogP contribution in [-0.2, 0) is 22.7 Å². The van der Waals surface area contributed by atoms with Crippen molar-refractivity contribution in [2.24, 2.45) is 5.41 Å². The number of thiazole rings is 1. The summed E-state index contributed by atoms with van der Waals surface area (Å²) >= 11 is 1.78. The standard InChI is InChI=1S/C19H26N4S.2C2HF3O2/c1-7-20-8-2-17(1)15-22-10-3-19(4-11-22)5-12-23(13-6-19)16-18-21-9-14-24-18;2*3-2(4,5)1(6)7/h1-2,7-9,14H,3-6,10-13,15-16H2;2*(H,6,7). The minimum absolute atomic E-state index is 0.605. The second-order valence-corrected chi connectivity index (χ2v) is 9.92. The molecule has 1 spiro atoms. The maximum Gasteiger partial charge on any atom is 0.490 e. The number of carboxylic acids is 2. The molecule has 2 aromatic rings. The molecule has 0 atom stereocenters. The zero-order chi connectivity index (χ0) is 28.4. The summed E-state index contributed by atoms with van der Waals surface area (Å²) in [6.07, 6.45) is 1.01. The molecule has 2 aliphatic rings. The summed E-state index contributed by atoms with van der Waals surface area (Å²) < 4.78 is 63.5. The monoisotopic (exact) mass is 570 g/mol. The Morgan fingerprint density at radius 2 is 1.24 bits per heavy atom. The van der Waals surface area contributed by atoms with Crippen molar-refractivity contribution >= 4 is 23.3 Å². The molecule has 0 radical (unpaired) electrons. The number of hydrogen-bond donors (Lipinski definition) is 2. The first-order chi connectivity index (χ1) is 17.7. The van der Waals surface area contributed by atoms with Crippen LogP contribution in [-0.4, -0.2) is 80.5 Å². The fourth-order valence-corrected chi connectivity index (χ4v) is 4.80. The Morgan fingerprint density at radius 3 is 1.61 bits per heavy atom. The number of halogens is 6. The van der Waals surface area contributed by atoms with E-state index in [0.29, 0.717) is 5.41 Å². The Morgan fingerprint density at radius 1 is 0.816 bits per heavy atom. The zero-order valence-corrected chi connectivity index (χ0v) is 21.0. The number of piperidine rings is 2. The molecule has 15 heteroatoms. The van der Waals surface area contributed by atoms with E-state index in [-0.39, 0.29) is 0 Å². The lowest BCUT2D eigenvalue weighted by Gasteiger charge is -2.46. The van der Waals surface area contributed by atoms with E-state index in [1.807, 2.05) is 18.6 Å². The van der Waals surface area contributed by atoms with Gasteiger partial charge in [0.1, 0.15) is 5.01 Å². The summed E-state index contributed by atoms with van der Waals surface area (Å²) in [6, 6.07) is 4.28. The van der Waals surface area contributed by atoms with Gasteiger partial charge in [-0.05, 0) is 75.0 Å². The number of carbonyl (C=O) groups is 2. The first kappa shape index (κ1) is 31.4. The molecule has 8 nitrogen and oxygen atoms in total. The average molecular weight is 571 g/mol. The van der Waals surface area contributed by atoms with Gasteiger partial charge in [-0.3, -0.25) is 14.8 Å². The normalized spacial score (nSPS) is 18.1. The van der Waals surface area contributed by atoms with Crippen molar-refractivity contribution in [3.05, 3.63) is 46.7 Å². The number of aliphatic carboxylic acids is 2. The average Bonchev–Trinajstić information content (AvgIpc) is 3.36. The summed E-state index contributed by atoms with van der Waals surface area (Å²) in [5.41, 5.74) is 1.99. The number of aromatic nitrogens is 2. The minimum Gasteiger partial charge on any atom is -0.475 e. The highest BCUT2D eigenvalue weighted by Crippen LogP contribution is 2.41. The highest BCUT2D eigenvalue weighted by molar-refractivity contribution is 7.09. The van der Waals surface area contributed by atoms with Gasteiger partial charge in [-0.25, -0.2) is 14.6 Å². The van der Waals surface area contributed by atoms with Gasteiger partial charge in [0.2, 0.25) is 0 Å². The molecule has 0 aromatic carbocycles. The summed E-state index contributed by atoms with van der Waals surface area (Å²) in [7, 11) is 0. The summed E-state index contributed by atoms with van der Waals surface area (Å²) in [5, 5.41) is 17.6. The Bertz CT molecular complexity index is 964. The van der Waals surface area contributed by atoms with Crippen LogP contribution in [0.2, 0.25) is 0 Å². The van der Waals surface area contributed by atoms with Gasteiger partial charge in [0, 0.05) is 30.5 Å². The maximum atomic E-state index is 10.6. The Labute approximate surface area is 218 Å². The molecule has 0 bridgehead atoms. The van der Waals surface area contributed by atoms with Gasteiger partial charge in [0.15, 0.2) is 0 Å². The minimum atomic E-state index is -5.08.